The Kier molecular flexibility index (Phi) is 34.1. The first-order chi connectivity index (χ1) is 71.2. The number of ether oxygens (including phenoxy) is 2. The van der Waals surface area contributed by atoms with E-state index in [1.807, 2.05) is 108 Å². The molecule has 9 aliphatic carbocycles. The van der Waals surface area contributed by atoms with Crippen LogP contribution in [0.2, 0.25) is 20.1 Å². The number of carbonyl (C=O) groups excluding carboxylic acids is 5. The quantitative estimate of drug-likeness (QED) is 0.0460. The van der Waals surface area contributed by atoms with Crippen molar-refractivity contribution in [1.29, 1.82) is 0 Å². The molecule has 16 atom stereocenters. The molecule has 2 N–H and O–H groups in total. The van der Waals surface area contributed by atoms with Crippen molar-refractivity contribution in [3.63, 3.8) is 0 Å². The van der Waals surface area contributed by atoms with Crippen LogP contribution in [0.1, 0.15) is 288 Å². The van der Waals surface area contributed by atoms with E-state index in [0.29, 0.717) is 95.3 Å². The van der Waals surface area contributed by atoms with E-state index in [1.165, 1.54) is 196 Å². The van der Waals surface area contributed by atoms with Gasteiger partial charge in [-0.2, -0.15) is 0 Å². The number of amides is 5. The van der Waals surface area contributed by atoms with Gasteiger partial charge in [0.2, 0.25) is 29.5 Å². The minimum Gasteiger partial charge on any atom is -0.504 e. The zero-order valence-electron chi connectivity index (χ0n) is 88.9. The van der Waals surface area contributed by atoms with Crippen molar-refractivity contribution in [2.45, 2.75) is 361 Å². The third-order valence-corrected chi connectivity index (χ3v) is 39.7. The van der Waals surface area contributed by atoms with Gasteiger partial charge < -0.3 is 53.0 Å². The number of piperidine rings is 2. The van der Waals surface area contributed by atoms with Crippen LogP contribution in [0.15, 0.2) is 137 Å². The van der Waals surface area contributed by atoms with Gasteiger partial charge in [0, 0.05) is 135 Å². The van der Waals surface area contributed by atoms with Crippen molar-refractivity contribution in [1.82, 2.24) is 49.0 Å². The fourth-order valence-electron chi connectivity index (χ4n) is 30.2. The van der Waals surface area contributed by atoms with Crippen molar-refractivity contribution >= 4 is 88.1 Å². The minimum atomic E-state index is -0.834. The van der Waals surface area contributed by atoms with Gasteiger partial charge in [0.1, 0.15) is 29.5 Å². The molecule has 0 radical (unpaired) electrons. The first-order valence-electron chi connectivity index (χ1n) is 56.8. The van der Waals surface area contributed by atoms with Crippen LogP contribution in [-0.4, -0.2) is 267 Å². The molecule has 21 nitrogen and oxygen atoms in total. The van der Waals surface area contributed by atoms with Gasteiger partial charge in [0.05, 0.1) is 64.9 Å². The largest absolute Gasteiger partial charge is 0.504 e. The fourth-order valence-corrected chi connectivity index (χ4v) is 31.1. The second-order valence-corrected chi connectivity index (χ2v) is 47.6. The number of aromatic hydroxyl groups is 1. The van der Waals surface area contributed by atoms with Crippen LogP contribution >= 0.6 is 46.4 Å². The molecule has 5 amide bonds. The molecule has 4 bridgehead atoms. The zero-order valence-corrected chi connectivity index (χ0v) is 91.9. The summed E-state index contributed by atoms with van der Waals surface area (Å²) in [4.78, 5) is 88.7. The van der Waals surface area contributed by atoms with Crippen molar-refractivity contribution in [3.8, 4) is 17.2 Å². The molecule has 25 heteroatoms. The van der Waals surface area contributed by atoms with Crippen LogP contribution in [0.25, 0.3) is 12.2 Å². The number of likely N-dealkylation sites (N-methyl/N-ethyl adjacent to an activating group) is 5. The smallest absolute Gasteiger partial charge is 0.246 e. The highest BCUT2D eigenvalue weighted by atomic mass is 35.5. The molecule has 23 rings (SSSR count). The average Bonchev–Trinajstić information content (AvgIpc) is 1.52. The number of halogens is 4. The lowest BCUT2D eigenvalue weighted by Crippen LogP contribution is -2.78. The molecule has 5 saturated heterocycles. The van der Waals surface area contributed by atoms with Crippen LogP contribution in [-0.2, 0) is 86.2 Å². The molecule has 794 valence electrons. The van der Waals surface area contributed by atoms with Gasteiger partial charge in [-0.3, -0.25) is 48.5 Å². The fraction of sp³-hybridized carbons (Fsp3) is 0.615. The number of rotatable bonds is 27. The van der Waals surface area contributed by atoms with E-state index >= 15 is 0 Å². The van der Waals surface area contributed by atoms with E-state index in [-0.39, 0.29) is 76.4 Å². The third-order valence-electron chi connectivity index (χ3n) is 38.2. The zero-order chi connectivity index (χ0) is 103. The van der Waals surface area contributed by atoms with E-state index in [0.717, 1.165) is 172 Å². The number of likely N-dealkylation sites (tertiary alicyclic amines) is 5. The van der Waals surface area contributed by atoms with Gasteiger partial charge in [0.25, 0.3) is 0 Å². The molecule has 2 aromatic heterocycles. The van der Waals surface area contributed by atoms with E-state index in [1.54, 1.807) is 42.9 Å². The van der Waals surface area contributed by atoms with E-state index < -0.39 is 11.0 Å². The molecule has 16 unspecified atom stereocenters. The molecule has 9 heterocycles. The highest BCUT2D eigenvalue weighted by Crippen LogP contribution is 2.72. The Bertz CT molecular complexity index is 5810. The minimum absolute atomic E-state index is 0.0423. The number of furan rings is 2. The van der Waals surface area contributed by atoms with Crippen LogP contribution < -0.4 is 9.47 Å². The number of nitrogens with zero attached hydrogens (tertiary/aromatic N) is 10. The number of hydrogen-bond donors (Lipinski definition) is 2. The Morgan fingerprint density at radius 2 is 0.857 bits per heavy atom. The Morgan fingerprint density at radius 3 is 1.36 bits per heavy atom. The maximum atomic E-state index is 13.3. The second-order valence-electron chi connectivity index (χ2n) is 46.0. The number of aryl methyl sites for hydroxylation is 3. The standard InChI is InChI=1S/2C30H36N2O4.2C21H31ClN2O.C20H28Cl2N2O/c1-3-29-13-12-22(31(2)25(34)11-9-21-5-4-16-35-21)28-30(29)14-15-32(18-19-6-7-19)24(29)17-20-8-10-23(33)27(36-28)26(20)30;1-3-20-8-9-21-17-24-30(34)13-12-23(31(2)25(33)11-10-22-5-4-16-35-22)28-29(30,26(21)27(20)36-28)14-15-32(24)18-19-6-7-19;1-3-17-14-16(10-11-18(17)22)15-21(25)23(2)19-8-4-5-9-20(19)24-12-6-7-13-24;1-3-17-11-10-16(14-18(17)22)15-21(25)23(2)19-8-4-5-9-20(19)24-12-6-7-13-24;1-2-24(20(25)14-15-9-10-16(21)17(22)13-15)19-8-4-3-7-18(19)23-11-5-6-12-23/h4-5,8-11,16,19,22,24,28,33H,3,6-7,12-15,17-18H2,1-2H3;4-5,8-11,16,19,23-24,28,34H,3,6-7,12-15,17-18H2,1-2H3;2*10-11,14,19-20H,3-9,12-13,15H2,1-2H3;9-10,13,18-19H,2-8,11-12,14H2,1H3/b11-9+;11-10+;;;. The summed E-state index contributed by atoms with van der Waals surface area (Å²) < 4.78 is 24.5. The molecular weight excluding hydrogens is 1920 g/mol. The molecule has 12 fully saturated rings. The molecule has 5 aromatic carbocycles. The lowest BCUT2D eigenvalue weighted by Gasteiger charge is -2.67. The molecule has 7 saturated carbocycles. The first kappa shape index (κ1) is 107. The van der Waals surface area contributed by atoms with Gasteiger partial charge in [-0.25, -0.2) is 0 Å². The second kappa shape index (κ2) is 46.8. The van der Waals surface area contributed by atoms with Crippen LogP contribution in [0.3, 0.4) is 0 Å². The number of phenols is 1. The van der Waals surface area contributed by atoms with Gasteiger partial charge in [-0.15, -0.1) is 0 Å². The predicted molar refractivity (Wildman–Crippen MR) is 586 cm³/mol. The van der Waals surface area contributed by atoms with Gasteiger partial charge in [0.15, 0.2) is 11.5 Å². The van der Waals surface area contributed by atoms with Crippen molar-refractivity contribution in [2.24, 2.45) is 17.3 Å². The first-order valence-corrected chi connectivity index (χ1v) is 58.3. The monoisotopic (exact) mass is 2080 g/mol. The van der Waals surface area contributed by atoms with Crippen molar-refractivity contribution < 1.29 is 52.5 Å². The summed E-state index contributed by atoms with van der Waals surface area (Å²) >= 11 is 24.6. The normalized spacial score (nSPS) is 29.3. The van der Waals surface area contributed by atoms with Crippen LogP contribution in [0.5, 0.6) is 17.2 Å². The van der Waals surface area contributed by atoms with Gasteiger partial charge >= 0.3 is 0 Å². The summed E-state index contributed by atoms with van der Waals surface area (Å²) in [6, 6.07) is 36.6. The van der Waals surface area contributed by atoms with Gasteiger partial charge in [-0.05, 0) is 368 Å². The summed E-state index contributed by atoms with van der Waals surface area (Å²) in [5, 5.41) is 26.3. The number of benzene rings is 5. The van der Waals surface area contributed by atoms with Crippen LogP contribution in [0.4, 0.5) is 0 Å². The Labute approximate surface area is 894 Å². The molecule has 7 aliphatic heterocycles. The molecular formula is C122H162Cl4N10O11. The number of carbonyl (C=O) groups is 5. The number of hydrogen-bond acceptors (Lipinski definition) is 16. The summed E-state index contributed by atoms with van der Waals surface area (Å²) in [5.41, 5.74) is 10.3. The SMILES string of the molecule is CCC12CCC(N(C)C(=O)/C=C/c3ccco3)C3Oc4c(O)ccc5c4C31CCN(CC1CC1)C2C5.CCN(C(=O)Cc1ccc(Cl)c(Cl)c1)C1CCCCC1N1CCCC1.CCc1cc(CC(=O)N(C)C2CCCCC2N2CCCC2)ccc1Cl.CCc1ccc(CC(=O)N(C)C2CCCCC2N2CCCC2)cc1Cl.CCc1ccc2c3c1OC1C(N(C)C(=O)/C=C/c4ccco4)CCC4(O)C(C2)N(CC2CC2)CCC314. The third kappa shape index (κ3) is 21.8. The Hall–Kier alpha value is -8.19. The van der Waals surface area contributed by atoms with E-state index in [9.17, 15) is 34.2 Å². The maximum absolute atomic E-state index is 13.3. The summed E-state index contributed by atoms with van der Waals surface area (Å²) in [6.07, 6.45) is 49.8. The summed E-state index contributed by atoms with van der Waals surface area (Å²) in [6.45, 7) is 23.2. The van der Waals surface area contributed by atoms with Crippen molar-refractivity contribution in [3.05, 3.63) is 215 Å². The van der Waals surface area contributed by atoms with Crippen molar-refractivity contribution in [2.75, 3.05) is 100 Å². The summed E-state index contributed by atoms with van der Waals surface area (Å²) in [5.74, 6) is 5.46. The van der Waals surface area contributed by atoms with E-state index in [4.69, 9.17) is 64.7 Å². The number of phenolic OH excluding ortho intramolecular Hbond substituents is 1. The topological polar surface area (TPSA) is 203 Å². The van der Waals surface area contributed by atoms with Gasteiger partial charge in [-0.1, -0.05) is 161 Å². The maximum Gasteiger partial charge on any atom is 0.246 e. The highest BCUT2D eigenvalue weighted by Gasteiger charge is 2.75. The number of aliphatic hydroxyl groups is 1. The molecule has 7 aromatic rings. The molecule has 147 heavy (non-hydrogen) atoms. The molecule has 16 aliphatic rings. The highest BCUT2D eigenvalue weighted by molar-refractivity contribution is 6.42. The average molecular weight is 2090 g/mol. The van der Waals surface area contributed by atoms with E-state index in [2.05, 4.69) is 100 Å². The lowest BCUT2D eigenvalue weighted by molar-refractivity contribution is -0.200. The van der Waals surface area contributed by atoms with Crippen LogP contribution in [0, 0.1) is 17.3 Å². The molecule has 2 spiro atoms. The predicted octanol–water partition coefficient (Wildman–Crippen LogP) is 22.1. The Balaban J connectivity index is 0.000000117. The summed E-state index contributed by atoms with van der Waals surface area (Å²) in [7, 11) is 7.81. The lowest BCUT2D eigenvalue weighted by atomic mass is 9.42. The Morgan fingerprint density at radius 1 is 0.415 bits per heavy atom.